The predicted octanol–water partition coefficient (Wildman–Crippen LogP) is 1.37. The van der Waals surface area contributed by atoms with E-state index in [2.05, 4.69) is 5.32 Å². The van der Waals surface area contributed by atoms with Crippen molar-refractivity contribution in [2.45, 2.75) is 45.3 Å². The van der Waals surface area contributed by atoms with Crippen LogP contribution in [0.2, 0.25) is 0 Å². The first-order valence-corrected chi connectivity index (χ1v) is 4.92. The van der Waals surface area contributed by atoms with Crippen molar-refractivity contribution in [1.29, 1.82) is 0 Å². The van der Waals surface area contributed by atoms with Gasteiger partial charge in [-0.25, -0.2) is 9.59 Å². The van der Waals surface area contributed by atoms with Crippen molar-refractivity contribution in [3.05, 3.63) is 0 Å². The van der Waals surface area contributed by atoms with Gasteiger partial charge in [-0.05, 0) is 33.1 Å². The summed E-state index contributed by atoms with van der Waals surface area (Å²) in [5, 5.41) is 11.4. The fourth-order valence-electron chi connectivity index (χ4n) is 1.44. The molecule has 0 bridgehead atoms. The number of carboxylic acids is 1. The van der Waals surface area contributed by atoms with E-state index >= 15 is 0 Å². The SMILES string of the molecule is C[C@@H]1C[C@]1(NC(=O)OC(C)(C)C)C(=O)O. The van der Waals surface area contributed by atoms with Gasteiger partial charge in [0.2, 0.25) is 0 Å². The van der Waals surface area contributed by atoms with E-state index in [0.29, 0.717) is 6.42 Å². The second kappa shape index (κ2) is 3.40. The number of carbonyl (C=O) groups is 2. The summed E-state index contributed by atoms with van der Waals surface area (Å²) in [6, 6.07) is 0. The Hall–Kier alpha value is -1.26. The molecule has 0 radical (unpaired) electrons. The number of ether oxygens (including phenoxy) is 1. The minimum absolute atomic E-state index is 0.0393. The minimum Gasteiger partial charge on any atom is -0.479 e. The number of rotatable bonds is 2. The first-order chi connectivity index (χ1) is 6.67. The number of alkyl carbamates (subject to hydrolysis) is 1. The number of hydrogen-bond acceptors (Lipinski definition) is 3. The maximum absolute atomic E-state index is 11.4. The lowest BCUT2D eigenvalue weighted by Gasteiger charge is -2.22. The lowest BCUT2D eigenvalue weighted by Crippen LogP contribution is -2.46. The van der Waals surface area contributed by atoms with Gasteiger partial charge in [-0.3, -0.25) is 0 Å². The van der Waals surface area contributed by atoms with E-state index in [1.165, 1.54) is 0 Å². The average molecular weight is 215 g/mol. The van der Waals surface area contributed by atoms with Crippen LogP contribution in [-0.2, 0) is 9.53 Å². The average Bonchev–Trinajstić information content (AvgIpc) is 2.57. The molecular weight excluding hydrogens is 198 g/mol. The van der Waals surface area contributed by atoms with Gasteiger partial charge in [-0.2, -0.15) is 0 Å². The Kier molecular flexibility index (Phi) is 2.67. The molecule has 0 aromatic heterocycles. The minimum atomic E-state index is -1.11. The van der Waals surface area contributed by atoms with Gasteiger partial charge >= 0.3 is 12.1 Å². The van der Waals surface area contributed by atoms with Crippen LogP contribution in [0.1, 0.15) is 34.1 Å². The van der Waals surface area contributed by atoms with Crippen molar-refractivity contribution < 1.29 is 19.4 Å². The smallest absolute Gasteiger partial charge is 0.408 e. The van der Waals surface area contributed by atoms with E-state index in [1.54, 1.807) is 27.7 Å². The second-order valence-electron chi connectivity index (χ2n) is 5.01. The van der Waals surface area contributed by atoms with Gasteiger partial charge in [0.1, 0.15) is 11.1 Å². The molecule has 2 N–H and O–H groups in total. The monoisotopic (exact) mass is 215 g/mol. The summed E-state index contributed by atoms with van der Waals surface area (Å²) in [4.78, 5) is 22.3. The largest absolute Gasteiger partial charge is 0.479 e. The molecule has 0 saturated heterocycles. The molecule has 1 saturated carbocycles. The van der Waals surface area contributed by atoms with E-state index in [4.69, 9.17) is 9.84 Å². The van der Waals surface area contributed by atoms with E-state index < -0.39 is 23.2 Å². The highest BCUT2D eigenvalue weighted by Crippen LogP contribution is 2.43. The summed E-state index contributed by atoms with van der Waals surface area (Å²) in [7, 11) is 0. The zero-order chi connectivity index (χ0) is 11.9. The molecule has 1 amide bonds. The fraction of sp³-hybridized carbons (Fsp3) is 0.800. The van der Waals surface area contributed by atoms with Crippen LogP contribution in [0.15, 0.2) is 0 Å². The number of carboxylic acid groups (broad SMARTS) is 1. The van der Waals surface area contributed by atoms with Crippen molar-refractivity contribution in [2.24, 2.45) is 5.92 Å². The summed E-state index contributed by atoms with van der Waals surface area (Å²) in [5.74, 6) is -1.04. The molecule has 1 fully saturated rings. The van der Waals surface area contributed by atoms with Crippen LogP contribution >= 0.6 is 0 Å². The van der Waals surface area contributed by atoms with Gasteiger partial charge in [0.05, 0.1) is 0 Å². The van der Waals surface area contributed by atoms with Crippen LogP contribution in [-0.4, -0.2) is 28.3 Å². The normalized spacial score (nSPS) is 29.5. The van der Waals surface area contributed by atoms with E-state index in [1.807, 2.05) is 0 Å². The van der Waals surface area contributed by atoms with Gasteiger partial charge < -0.3 is 15.2 Å². The molecule has 1 aliphatic rings. The van der Waals surface area contributed by atoms with Crippen molar-refractivity contribution in [1.82, 2.24) is 5.32 Å². The van der Waals surface area contributed by atoms with Crippen molar-refractivity contribution in [2.75, 3.05) is 0 Å². The molecule has 2 atom stereocenters. The number of amides is 1. The van der Waals surface area contributed by atoms with Crippen molar-refractivity contribution in [3.63, 3.8) is 0 Å². The molecule has 0 aliphatic heterocycles. The number of nitrogens with one attached hydrogen (secondary N) is 1. The summed E-state index contributed by atoms with van der Waals surface area (Å²) in [5.41, 5.74) is -1.72. The summed E-state index contributed by atoms with van der Waals surface area (Å²) in [6.45, 7) is 6.98. The molecular formula is C10H17NO4. The van der Waals surface area contributed by atoms with Crippen molar-refractivity contribution >= 4 is 12.1 Å². The molecule has 5 heteroatoms. The Morgan fingerprint density at radius 3 is 2.20 bits per heavy atom. The van der Waals surface area contributed by atoms with Crippen LogP contribution in [0.25, 0.3) is 0 Å². The Bertz CT molecular complexity index is 294. The molecule has 0 aromatic carbocycles. The first kappa shape index (κ1) is 11.8. The van der Waals surface area contributed by atoms with E-state index in [-0.39, 0.29) is 5.92 Å². The second-order valence-corrected chi connectivity index (χ2v) is 5.01. The van der Waals surface area contributed by atoms with Gasteiger partial charge in [-0.15, -0.1) is 0 Å². The lowest BCUT2D eigenvalue weighted by atomic mass is 10.2. The Morgan fingerprint density at radius 1 is 1.47 bits per heavy atom. The van der Waals surface area contributed by atoms with Gasteiger partial charge in [-0.1, -0.05) is 6.92 Å². The van der Waals surface area contributed by atoms with Crippen LogP contribution in [0.3, 0.4) is 0 Å². The Balaban J connectivity index is 2.56. The van der Waals surface area contributed by atoms with Crippen LogP contribution in [0.4, 0.5) is 4.79 Å². The van der Waals surface area contributed by atoms with E-state index in [0.717, 1.165) is 0 Å². The standard InChI is InChI=1S/C10H17NO4/c1-6-5-10(6,7(12)13)11-8(14)15-9(2,3)4/h6H,5H2,1-4H3,(H,11,14)(H,12,13)/t6-,10-/m1/s1. The lowest BCUT2D eigenvalue weighted by molar-refractivity contribution is -0.141. The highest BCUT2D eigenvalue weighted by molar-refractivity contribution is 5.88. The third kappa shape index (κ3) is 2.61. The number of hydrogen-bond donors (Lipinski definition) is 2. The zero-order valence-corrected chi connectivity index (χ0v) is 9.46. The summed E-state index contributed by atoms with van der Waals surface area (Å²) < 4.78 is 5.00. The highest BCUT2D eigenvalue weighted by atomic mass is 16.6. The molecule has 86 valence electrons. The Morgan fingerprint density at radius 2 is 1.93 bits per heavy atom. The zero-order valence-electron chi connectivity index (χ0n) is 9.46. The highest BCUT2D eigenvalue weighted by Gasteiger charge is 2.59. The van der Waals surface area contributed by atoms with Crippen LogP contribution in [0, 0.1) is 5.92 Å². The summed E-state index contributed by atoms with van der Waals surface area (Å²) >= 11 is 0. The molecule has 15 heavy (non-hydrogen) atoms. The molecule has 0 spiro atoms. The Labute approximate surface area is 88.8 Å². The quantitative estimate of drug-likeness (QED) is 0.729. The van der Waals surface area contributed by atoms with E-state index in [9.17, 15) is 9.59 Å². The maximum atomic E-state index is 11.4. The van der Waals surface area contributed by atoms with Gasteiger partial charge in [0.25, 0.3) is 0 Å². The number of carbonyl (C=O) groups excluding carboxylic acids is 1. The first-order valence-electron chi connectivity index (χ1n) is 4.92. The van der Waals surface area contributed by atoms with Gasteiger partial charge in [0.15, 0.2) is 0 Å². The molecule has 1 aliphatic carbocycles. The van der Waals surface area contributed by atoms with Crippen molar-refractivity contribution in [3.8, 4) is 0 Å². The maximum Gasteiger partial charge on any atom is 0.408 e. The topological polar surface area (TPSA) is 75.6 Å². The molecule has 5 nitrogen and oxygen atoms in total. The number of aliphatic carboxylic acids is 1. The molecule has 0 heterocycles. The summed E-state index contributed by atoms with van der Waals surface area (Å²) in [6.07, 6.45) is -0.212. The van der Waals surface area contributed by atoms with Crippen LogP contribution < -0.4 is 5.32 Å². The molecule has 1 rings (SSSR count). The predicted molar refractivity (Wildman–Crippen MR) is 53.5 cm³/mol. The molecule has 0 aromatic rings. The van der Waals surface area contributed by atoms with Gasteiger partial charge in [0, 0.05) is 0 Å². The third-order valence-electron chi connectivity index (χ3n) is 2.41. The molecule has 0 unspecified atom stereocenters. The van der Waals surface area contributed by atoms with Crippen LogP contribution in [0.5, 0.6) is 0 Å². The third-order valence-corrected chi connectivity index (χ3v) is 2.41. The fourth-order valence-corrected chi connectivity index (χ4v) is 1.44.